The van der Waals surface area contributed by atoms with E-state index >= 15 is 0 Å². The number of hydrogen-bond donors (Lipinski definition) is 3. The molecule has 3 heterocycles. The lowest BCUT2D eigenvalue weighted by molar-refractivity contribution is -0.137. The van der Waals surface area contributed by atoms with E-state index in [1.807, 2.05) is 0 Å². The van der Waals surface area contributed by atoms with Crippen LogP contribution in [0.1, 0.15) is 40.2 Å². The number of ether oxygens (including phenoxy) is 1. The Hall–Kier alpha value is -4.84. The van der Waals surface area contributed by atoms with E-state index in [1.165, 1.54) is 30.5 Å². The largest absolute Gasteiger partial charge is 0.465 e. The fourth-order valence-corrected chi connectivity index (χ4v) is 4.78. The predicted molar refractivity (Wildman–Crippen MR) is 143 cm³/mol. The van der Waals surface area contributed by atoms with Gasteiger partial charge in [-0.3, -0.25) is 9.69 Å². The Labute approximate surface area is 232 Å². The average Bonchev–Trinajstić information content (AvgIpc) is 3.37. The molecule has 2 unspecified atom stereocenters. The first-order valence-corrected chi connectivity index (χ1v) is 12.6. The Morgan fingerprint density at radius 1 is 1.12 bits per heavy atom. The third kappa shape index (κ3) is 6.17. The molecule has 9 nitrogen and oxygen atoms in total. The topological polar surface area (TPSA) is 131 Å². The predicted octanol–water partition coefficient (Wildman–Crippen LogP) is 5.55. The molecule has 0 radical (unpaired) electrons. The van der Waals surface area contributed by atoms with Crippen LogP contribution < -0.4 is 11.1 Å². The van der Waals surface area contributed by atoms with E-state index in [4.69, 9.17) is 14.9 Å². The number of nitrogen functional groups attached to an aromatic ring is 1. The minimum absolute atomic E-state index is 0.00859. The van der Waals surface area contributed by atoms with Gasteiger partial charge >= 0.3 is 12.3 Å². The number of halogens is 3. The van der Waals surface area contributed by atoms with Crippen LogP contribution in [-0.2, 0) is 22.3 Å². The van der Waals surface area contributed by atoms with E-state index in [2.05, 4.69) is 10.3 Å². The third-order valence-corrected chi connectivity index (χ3v) is 6.64. The van der Waals surface area contributed by atoms with Crippen molar-refractivity contribution in [3.05, 3.63) is 101 Å². The van der Waals surface area contributed by atoms with Gasteiger partial charge in [0.25, 0.3) is 0 Å². The highest BCUT2D eigenvalue weighted by Crippen LogP contribution is 2.44. The Morgan fingerprint density at radius 2 is 1.90 bits per heavy atom. The molecule has 2 aromatic carbocycles. The number of fused-ring (bicyclic) bond motifs is 1. The highest BCUT2D eigenvalue weighted by atomic mass is 19.4. The summed E-state index contributed by atoms with van der Waals surface area (Å²) in [5.41, 5.74) is 5.45. The maximum atomic E-state index is 14.2. The van der Waals surface area contributed by atoms with Crippen molar-refractivity contribution in [3.8, 4) is 0 Å². The van der Waals surface area contributed by atoms with Crippen LogP contribution in [-0.4, -0.2) is 40.1 Å². The SMILES string of the molecule is Nc1ccc(C=CC(=O)NCc2cc3cc(C4C(c5ccccc5)OCCN4C(=O)O)cc(C(F)(F)F)c3o2)cn1. The fraction of sp³-hybridized carbons (Fsp3) is 0.207. The summed E-state index contributed by atoms with van der Waals surface area (Å²) in [4.78, 5) is 29.5. The number of anilines is 1. The molecule has 2 aromatic heterocycles. The molecule has 4 N–H and O–H groups in total. The molecule has 1 aliphatic rings. The van der Waals surface area contributed by atoms with Gasteiger partial charge in [0, 0.05) is 24.2 Å². The number of benzene rings is 2. The Kier molecular flexibility index (Phi) is 7.66. The van der Waals surface area contributed by atoms with Gasteiger partial charge in [0.15, 0.2) is 0 Å². The van der Waals surface area contributed by atoms with Crippen LogP contribution in [0.2, 0.25) is 0 Å². The second-order valence-electron chi connectivity index (χ2n) is 9.39. The summed E-state index contributed by atoms with van der Waals surface area (Å²) in [7, 11) is 0. The molecule has 0 aliphatic carbocycles. The summed E-state index contributed by atoms with van der Waals surface area (Å²) >= 11 is 0. The molecule has 0 saturated carbocycles. The molecule has 212 valence electrons. The molecule has 4 aromatic rings. The minimum atomic E-state index is -4.80. The zero-order valence-corrected chi connectivity index (χ0v) is 21.5. The molecule has 1 aliphatic heterocycles. The molecule has 12 heteroatoms. The lowest BCUT2D eigenvalue weighted by Gasteiger charge is -2.40. The number of furan rings is 1. The number of rotatable bonds is 6. The number of alkyl halides is 3. The van der Waals surface area contributed by atoms with Gasteiger partial charge in [0.2, 0.25) is 5.91 Å². The van der Waals surface area contributed by atoms with Crippen LogP contribution >= 0.6 is 0 Å². The highest BCUT2D eigenvalue weighted by Gasteiger charge is 2.41. The molecule has 1 saturated heterocycles. The molecule has 0 spiro atoms. The summed E-state index contributed by atoms with van der Waals surface area (Å²) in [5.74, 6) is -0.0746. The van der Waals surface area contributed by atoms with Crippen LogP contribution in [0.4, 0.5) is 23.8 Å². The molecular formula is C29H25F3N4O5. The maximum Gasteiger partial charge on any atom is 0.420 e. The first kappa shape index (κ1) is 27.7. The molecule has 41 heavy (non-hydrogen) atoms. The first-order chi connectivity index (χ1) is 19.6. The summed E-state index contributed by atoms with van der Waals surface area (Å²) < 4.78 is 54.2. The highest BCUT2D eigenvalue weighted by molar-refractivity contribution is 5.91. The number of carbonyl (C=O) groups is 2. The van der Waals surface area contributed by atoms with Gasteiger partial charge in [0.05, 0.1) is 24.8 Å². The first-order valence-electron chi connectivity index (χ1n) is 12.6. The van der Waals surface area contributed by atoms with Crippen molar-refractivity contribution < 1.29 is 37.0 Å². The number of carbonyl (C=O) groups excluding carboxylic acids is 1. The lowest BCUT2D eigenvalue weighted by atomic mass is 9.91. The summed E-state index contributed by atoms with van der Waals surface area (Å²) in [6.07, 6.45) is -2.64. The van der Waals surface area contributed by atoms with E-state index in [1.54, 1.807) is 42.5 Å². The van der Waals surface area contributed by atoms with Gasteiger partial charge in [-0.2, -0.15) is 13.2 Å². The number of amides is 2. The number of nitrogens with zero attached hydrogens (tertiary/aromatic N) is 2. The van der Waals surface area contributed by atoms with Crippen molar-refractivity contribution >= 4 is 34.9 Å². The van der Waals surface area contributed by atoms with Crippen molar-refractivity contribution in [2.75, 3.05) is 18.9 Å². The van der Waals surface area contributed by atoms with E-state index in [0.29, 0.717) is 16.9 Å². The molecule has 5 rings (SSSR count). The number of hydrogen-bond acceptors (Lipinski definition) is 6. The number of aromatic nitrogens is 1. The maximum absolute atomic E-state index is 14.2. The summed E-state index contributed by atoms with van der Waals surface area (Å²) in [5, 5.41) is 12.6. The van der Waals surface area contributed by atoms with Crippen LogP contribution in [0.3, 0.4) is 0 Å². The molecule has 1 fully saturated rings. The minimum Gasteiger partial charge on any atom is -0.465 e. The quantitative estimate of drug-likeness (QED) is 0.261. The number of carboxylic acid groups (broad SMARTS) is 1. The summed E-state index contributed by atoms with van der Waals surface area (Å²) in [6.45, 7) is -0.0915. The molecule has 2 atom stereocenters. The molecule has 0 bridgehead atoms. The standard InChI is InChI=1S/C29H25F3N4O5/c30-29(31,32)22-14-19(25-27(18-4-2-1-3-5-18)40-11-10-36(25)28(38)39)12-20-13-21(41-26(20)22)16-35-24(37)9-7-17-6-8-23(33)34-15-17/h1-9,12-15,25,27H,10-11,16H2,(H2,33,34)(H,35,37)(H,38,39). The van der Waals surface area contributed by atoms with Gasteiger partial charge in [-0.25, -0.2) is 9.78 Å². The van der Waals surface area contributed by atoms with Crippen molar-refractivity contribution in [1.29, 1.82) is 0 Å². The number of nitrogens with one attached hydrogen (secondary N) is 1. The van der Waals surface area contributed by atoms with E-state index in [-0.39, 0.29) is 36.4 Å². The van der Waals surface area contributed by atoms with Gasteiger partial charge < -0.3 is 25.3 Å². The van der Waals surface area contributed by atoms with Gasteiger partial charge in [-0.1, -0.05) is 30.3 Å². The van der Waals surface area contributed by atoms with Crippen LogP contribution in [0.15, 0.2) is 77.4 Å². The van der Waals surface area contributed by atoms with Gasteiger partial charge in [0.1, 0.15) is 23.3 Å². The smallest absolute Gasteiger partial charge is 0.420 e. The van der Waals surface area contributed by atoms with E-state index < -0.39 is 41.5 Å². The van der Waals surface area contributed by atoms with Crippen molar-refractivity contribution in [1.82, 2.24) is 15.2 Å². The van der Waals surface area contributed by atoms with Crippen LogP contribution in [0.5, 0.6) is 0 Å². The lowest BCUT2D eigenvalue weighted by Crippen LogP contribution is -2.44. The number of pyridine rings is 1. The van der Waals surface area contributed by atoms with E-state index in [0.717, 1.165) is 11.0 Å². The van der Waals surface area contributed by atoms with Crippen molar-refractivity contribution in [2.24, 2.45) is 0 Å². The zero-order valence-electron chi connectivity index (χ0n) is 21.5. The van der Waals surface area contributed by atoms with E-state index in [9.17, 15) is 27.9 Å². The van der Waals surface area contributed by atoms with Gasteiger partial charge in [-0.05, 0) is 53.1 Å². The normalized spacial score (nSPS) is 17.7. The Balaban J connectivity index is 1.46. The fourth-order valence-electron chi connectivity index (χ4n) is 4.78. The third-order valence-electron chi connectivity index (χ3n) is 6.64. The second kappa shape index (κ2) is 11.3. The Morgan fingerprint density at radius 3 is 2.59 bits per heavy atom. The van der Waals surface area contributed by atoms with Crippen LogP contribution in [0.25, 0.3) is 17.0 Å². The molecule has 2 amide bonds. The monoisotopic (exact) mass is 566 g/mol. The average molecular weight is 567 g/mol. The second-order valence-corrected chi connectivity index (χ2v) is 9.39. The Bertz CT molecular complexity index is 1590. The number of morpholine rings is 1. The van der Waals surface area contributed by atoms with Crippen LogP contribution in [0, 0.1) is 0 Å². The summed E-state index contributed by atoms with van der Waals surface area (Å²) in [6, 6.07) is 14.7. The van der Waals surface area contributed by atoms with Gasteiger partial charge in [-0.15, -0.1) is 0 Å². The van der Waals surface area contributed by atoms with Crippen molar-refractivity contribution in [3.63, 3.8) is 0 Å². The number of nitrogens with two attached hydrogens (primary N) is 1. The van der Waals surface area contributed by atoms with Crippen molar-refractivity contribution in [2.45, 2.75) is 24.9 Å². The zero-order chi connectivity index (χ0) is 29.1. The molecular weight excluding hydrogens is 541 g/mol.